The highest BCUT2D eigenvalue weighted by Crippen LogP contribution is 2.28. The number of ether oxygens (including phenoxy) is 1. The summed E-state index contributed by atoms with van der Waals surface area (Å²) in [6.07, 6.45) is 0. The van der Waals surface area contributed by atoms with E-state index in [0.717, 1.165) is 20.4 Å². The van der Waals surface area contributed by atoms with Crippen molar-refractivity contribution in [3.8, 4) is 0 Å². The molecule has 1 amide bonds. The van der Waals surface area contributed by atoms with E-state index in [1.54, 1.807) is 22.9 Å². The zero-order valence-corrected chi connectivity index (χ0v) is 16.3. The van der Waals surface area contributed by atoms with Crippen LogP contribution in [0, 0.1) is 6.92 Å². The highest BCUT2D eigenvalue weighted by molar-refractivity contribution is 9.10. The average molecular weight is 422 g/mol. The van der Waals surface area contributed by atoms with E-state index < -0.39 is 12.0 Å². The number of fused-ring (bicyclic) bond motifs is 1. The van der Waals surface area contributed by atoms with Gasteiger partial charge in [0.15, 0.2) is 6.04 Å². The third-order valence-corrected chi connectivity index (χ3v) is 5.56. The van der Waals surface area contributed by atoms with Gasteiger partial charge in [-0.2, -0.15) is 5.10 Å². The second-order valence-electron chi connectivity index (χ2n) is 5.52. The van der Waals surface area contributed by atoms with Gasteiger partial charge in [0.2, 0.25) is 0 Å². The van der Waals surface area contributed by atoms with Crippen LogP contribution in [0.1, 0.15) is 27.0 Å². The van der Waals surface area contributed by atoms with Gasteiger partial charge in [-0.3, -0.25) is 9.48 Å². The molecule has 1 unspecified atom stereocenters. The molecule has 0 spiro atoms. The average Bonchev–Trinajstić information content (AvgIpc) is 3.15. The van der Waals surface area contributed by atoms with E-state index in [1.807, 2.05) is 26.1 Å². The molecule has 0 aliphatic rings. The minimum atomic E-state index is -0.866. The highest BCUT2D eigenvalue weighted by atomic mass is 79.9. The first-order valence-electron chi connectivity index (χ1n) is 7.48. The number of aryl methyl sites for hydroxylation is 2. The van der Waals surface area contributed by atoms with Crippen LogP contribution in [0.5, 0.6) is 0 Å². The maximum atomic E-state index is 12.7. The number of carbonyl (C=O) groups excluding carboxylic acids is 2. The number of thiophene rings is 1. The van der Waals surface area contributed by atoms with Crippen LogP contribution in [0.25, 0.3) is 10.2 Å². The van der Waals surface area contributed by atoms with E-state index in [9.17, 15) is 9.59 Å². The largest absolute Gasteiger partial charge is 0.467 e. The first-order valence-corrected chi connectivity index (χ1v) is 9.09. The molecule has 2 heterocycles. The lowest BCUT2D eigenvalue weighted by Crippen LogP contribution is -2.34. The quantitative estimate of drug-likeness (QED) is 0.655. The molecular weight excluding hydrogens is 406 g/mol. The summed E-state index contributed by atoms with van der Waals surface area (Å²) in [6, 6.07) is 8.09. The number of methoxy groups -OCH3 is 1. The number of amides is 1. The van der Waals surface area contributed by atoms with E-state index in [-0.39, 0.29) is 5.91 Å². The first-order chi connectivity index (χ1) is 11.9. The molecule has 2 aromatic heterocycles. The molecule has 0 aliphatic heterocycles. The van der Waals surface area contributed by atoms with Gasteiger partial charge in [0, 0.05) is 16.9 Å². The minimum Gasteiger partial charge on any atom is -0.467 e. The molecule has 8 heteroatoms. The number of carbonyl (C=O) groups is 2. The van der Waals surface area contributed by atoms with Crippen molar-refractivity contribution in [1.29, 1.82) is 0 Å². The van der Waals surface area contributed by atoms with Crippen molar-refractivity contribution in [2.24, 2.45) is 7.05 Å². The minimum absolute atomic E-state index is 0.320. The Bertz CT molecular complexity index is 912. The molecule has 0 bridgehead atoms. The van der Waals surface area contributed by atoms with Crippen molar-refractivity contribution in [2.45, 2.75) is 13.0 Å². The molecule has 0 saturated carbocycles. The van der Waals surface area contributed by atoms with Crippen LogP contribution in [0.15, 0.2) is 34.8 Å². The molecule has 3 rings (SSSR count). The molecule has 6 nitrogen and oxygen atoms in total. The molecular formula is C17H16BrN3O3S. The second-order valence-corrected chi connectivity index (χ2v) is 7.47. The predicted molar refractivity (Wildman–Crippen MR) is 99.7 cm³/mol. The summed E-state index contributed by atoms with van der Waals surface area (Å²) in [7, 11) is 3.14. The highest BCUT2D eigenvalue weighted by Gasteiger charge is 2.25. The summed E-state index contributed by atoms with van der Waals surface area (Å²) in [6.45, 7) is 1.90. The molecule has 0 radical (unpaired) electrons. The normalized spacial score (nSPS) is 12.2. The van der Waals surface area contributed by atoms with Crippen molar-refractivity contribution in [1.82, 2.24) is 15.1 Å². The van der Waals surface area contributed by atoms with E-state index >= 15 is 0 Å². The van der Waals surface area contributed by atoms with E-state index in [2.05, 4.69) is 26.3 Å². The molecule has 1 atom stereocenters. The van der Waals surface area contributed by atoms with Crippen LogP contribution in [-0.4, -0.2) is 28.8 Å². The van der Waals surface area contributed by atoms with Gasteiger partial charge in [-0.25, -0.2) is 4.79 Å². The number of hydrogen-bond donors (Lipinski definition) is 1. The Labute approximate surface area is 156 Å². The fraction of sp³-hybridized carbons (Fsp3) is 0.235. The molecule has 25 heavy (non-hydrogen) atoms. The van der Waals surface area contributed by atoms with Gasteiger partial charge in [0.05, 0.1) is 17.7 Å². The fourth-order valence-corrected chi connectivity index (χ4v) is 3.86. The Morgan fingerprint density at radius 1 is 1.32 bits per heavy atom. The number of benzene rings is 1. The number of halogens is 1. The Balaban J connectivity index is 1.89. The second kappa shape index (κ2) is 6.97. The smallest absolute Gasteiger partial charge is 0.333 e. The van der Waals surface area contributed by atoms with Crippen LogP contribution in [-0.2, 0) is 16.6 Å². The third-order valence-electron chi connectivity index (χ3n) is 3.84. The Hall–Kier alpha value is -2.19. The maximum absolute atomic E-state index is 12.7. The zero-order chi connectivity index (χ0) is 18.1. The van der Waals surface area contributed by atoms with Gasteiger partial charge >= 0.3 is 5.97 Å². The summed E-state index contributed by atoms with van der Waals surface area (Å²) >= 11 is 4.70. The van der Waals surface area contributed by atoms with Crippen molar-refractivity contribution in [3.05, 3.63) is 50.9 Å². The van der Waals surface area contributed by atoms with Gasteiger partial charge in [0.25, 0.3) is 5.91 Å². The van der Waals surface area contributed by atoms with Gasteiger partial charge in [0.1, 0.15) is 4.83 Å². The van der Waals surface area contributed by atoms with Gasteiger partial charge in [-0.1, -0.05) is 28.1 Å². The fourth-order valence-electron chi connectivity index (χ4n) is 2.57. The number of rotatable bonds is 4. The summed E-state index contributed by atoms with van der Waals surface area (Å²) in [5.41, 5.74) is 1.52. The lowest BCUT2D eigenvalue weighted by molar-refractivity contribution is -0.143. The van der Waals surface area contributed by atoms with Crippen LogP contribution < -0.4 is 5.32 Å². The topological polar surface area (TPSA) is 73.2 Å². The van der Waals surface area contributed by atoms with E-state index in [4.69, 9.17) is 4.74 Å². The zero-order valence-electron chi connectivity index (χ0n) is 13.9. The van der Waals surface area contributed by atoms with E-state index in [0.29, 0.717) is 10.4 Å². The number of nitrogens with zero attached hydrogens (tertiary/aromatic N) is 2. The standard InChI is InChI=1S/C17H16BrN3O3S/c1-9-12-8-13(25-16(12)21(2)20-9)15(22)19-14(17(23)24-3)10-4-6-11(18)7-5-10/h4-8,14H,1-3H3,(H,19,22). The summed E-state index contributed by atoms with van der Waals surface area (Å²) in [5, 5.41) is 8.03. The number of nitrogens with one attached hydrogen (secondary N) is 1. The first kappa shape index (κ1) is 17.6. The van der Waals surface area contributed by atoms with Crippen molar-refractivity contribution < 1.29 is 14.3 Å². The Morgan fingerprint density at radius 3 is 2.60 bits per heavy atom. The van der Waals surface area contributed by atoms with Crippen LogP contribution in [0.2, 0.25) is 0 Å². The number of hydrogen-bond acceptors (Lipinski definition) is 5. The SMILES string of the molecule is COC(=O)C(NC(=O)c1cc2c(C)nn(C)c2s1)c1ccc(Br)cc1. The van der Waals surface area contributed by atoms with Gasteiger partial charge in [-0.15, -0.1) is 11.3 Å². The molecule has 0 saturated heterocycles. The van der Waals surface area contributed by atoms with Crippen molar-refractivity contribution in [2.75, 3.05) is 7.11 Å². The van der Waals surface area contributed by atoms with Crippen molar-refractivity contribution in [3.63, 3.8) is 0 Å². The predicted octanol–water partition coefficient (Wildman–Crippen LogP) is 3.35. The van der Waals surface area contributed by atoms with Crippen LogP contribution >= 0.6 is 27.3 Å². The van der Waals surface area contributed by atoms with Crippen LogP contribution in [0.3, 0.4) is 0 Å². The molecule has 130 valence electrons. The molecule has 1 N–H and O–H groups in total. The molecule has 3 aromatic rings. The summed E-state index contributed by atoms with van der Waals surface area (Å²) in [4.78, 5) is 26.2. The summed E-state index contributed by atoms with van der Waals surface area (Å²) in [5.74, 6) is -0.839. The van der Waals surface area contributed by atoms with Crippen molar-refractivity contribution >= 4 is 49.4 Å². The lowest BCUT2D eigenvalue weighted by atomic mass is 10.1. The van der Waals surface area contributed by atoms with Crippen LogP contribution in [0.4, 0.5) is 0 Å². The number of aromatic nitrogens is 2. The molecule has 0 fully saturated rings. The summed E-state index contributed by atoms with van der Waals surface area (Å²) < 4.78 is 7.48. The van der Waals surface area contributed by atoms with Gasteiger partial charge < -0.3 is 10.1 Å². The maximum Gasteiger partial charge on any atom is 0.333 e. The monoisotopic (exact) mass is 421 g/mol. The van der Waals surface area contributed by atoms with Gasteiger partial charge in [-0.05, 0) is 30.7 Å². The lowest BCUT2D eigenvalue weighted by Gasteiger charge is -2.16. The Morgan fingerprint density at radius 2 is 2.00 bits per heavy atom. The number of esters is 1. The Kier molecular flexibility index (Phi) is 4.91. The van der Waals surface area contributed by atoms with E-state index in [1.165, 1.54) is 18.4 Å². The third kappa shape index (κ3) is 3.45. The molecule has 1 aromatic carbocycles. The molecule has 0 aliphatic carbocycles.